The molecule has 4 rings (SSSR count). The topological polar surface area (TPSA) is 149 Å². The molecule has 0 saturated heterocycles. The van der Waals surface area contributed by atoms with Crippen LogP contribution in [0.1, 0.15) is 18.3 Å². The van der Waals surface area contributed by atoms with Gasteiger partial charge in [0.2, 0.25) is 0 Å². The molecule has 3 aromatic heterocycles. The van der Waals surface area contributed by atoms with E-state index in [1.54, 1.807) is 48.0 Å². The normalized spacial score (nSPS) is 11.0. The van der Waals surface area contributed by atoms with Crippen LogP contribution < -0.4 is 16.4 Å². The maximum Gasteiger partial charge on any atom is 0.412 e. The van der Waals surface area contributed by atoms with Crippen molar-refractivity contribution in [3.63, 3.8) is 0 Å². The molecule has 10 nitrogen and oxygen atoms in total. The van der Waals surface area contributed by atoms with Gasteiger partial charge in [-0.2, -0.15) is 5.10 Å². The smallest absolute Gasteiger partial charge is 0.412 e. The van der Waals surface area contributed by atoms with Crippen molar-refractivity contribution < 1.29 is 14.3 Å². The summed E-state index contributed by atoms with van der Waals surface area (Å²) in [4.78, 5) is 25.5. The molecule has 0 bridgehead atoms. The van der Waals surface area contributed by atoms with E-state index in [0.29, 0.717) is 22.6 Å². The van der Waals surface area contributed by atoms with Crippen LogP contribution in [0.5, 0.6) is 0 Å². The third-order valence-electron chi connectivity index (χ3n) is 4.75. The molecule has 0 unspecified atom stereocenters. The molecular formula is C20H19FN8O2. The summed E-state index contributed by atoms with van der Waals surface area (Å²) in [6, 6.07) is 9.89. The number of amides is 1. The molecular weight excluding hydrogens is 403 g/mol. The molecule has 0 aliphatic heterocycles. The summed E-state index contributed by atoms with van der Waals surface area (Å²) < 4.78 is 15.7. The molecule has 5 N–H and O–H groups in total. The first kappa shape index (κ1) is 20.0. The Balaban J connectivity index is 1.84. The second-order valence-corrected chi connectivity index (χ2v) is 6.66. The number of carbonyl (C=O) groups is 1. The molecule has 1 amide bonds. The number of benzene rings is 1. The summed E-state index contributed by atoms with van der Waals surface area (Å²) in [6.45, 7) is 1.76. The SMILES string of the molecule is CCN(C(=O)O)c1c(N)nc(-c2nc(Cc3ccccc3F)n3ncccc23)nc1N. The van der Waals surface area contributed by atoms with Gasteiger partial charge in [0.05, 0.1) is 5.52 Å². The van der Waals surface area contributed by atoms with E-state index in [0.717, 1.165) is 4.90 Å². The Kier molecular flexibility index (Phi) is 5.07. The summed E-state index contributed by atoms with van der Waals surface area (Å²) in [5.74, 6) is 0.0609. The minimum Gasteiger partial charge on any atom is -0.465 e. The molecule has 158 valence electrons. The van der Waals surface area contributed by atoms with E-state index in [-0.39, 0.29) is 41.9 Å². The van der Waals surface area contributed by atoms with Gasteiger partial charge >= 0.3 is 6.09 Å². The number of halogens is 1. The molecule has 0 fully saturated rings. The minimum atomic E-state index is -1.22. The van der Waals surface area contributed by atoms with E-state index < -0.39 is 6.09 Å². The standard InChI is InChI=1S/C20H19FN8O2/c1-2-28(20(30)31)16-17(22)26-19(27-18(16)23)15-13-8-5-9-24-29(13)14(25-15)10-11-6-3-4-7-12(11)21/h3-9H,2,10H2,1H3,(H,30,31)(H4,22,23,26,27). The van der Waals surface area contributed by atoms with Crippen molar-refractivity contribution in [3.8, 4) is 11.5 Å². The number of nitrogen functional groups attached to an aromatic ring is 2. The van der Waals surface area contributed by atoms with Crippen molar-refractivity contribution in [1.82, 2.24) is 24.6 Å². The van der Waals surface area contributed by atoms with E-state index in [2.05, 4.69) is 20.1 Å². The average Bonchev–Trinajstić information content (AvgIpc) is 3.10. The lowest BCUT2D eigenvalue weighted by Gasteiger charge is -2.19. The van der Waals surface area contributed by atoms with Gasteiger partial charge in [-0.25, -0.2) is 28.7 Å². The average molecular weight is 422 g/mol. The zero-order valence-corrected chi connectivity index (χ0v) is 16.5. The first-order valence-electron chi connectivity index (χ1n) is 9.40. The van der Waals surface area contributed by atoms with E-state index >= 15 is 0 Å². The first-order chi connectivity index (χ1) is 14.9. The maximum atomic E-state index is 14.2. The Hall–Kier alpha value is -4.28. The summed E-state index contributed by atoms with van der Waals surface area (Å²) in [6.07, 6.45) is 0.555. The monoisotopic (exact) mass is 422 g/mol. The number of imidazole rings is 1. The van der Waals surface area contributed by atoms with Crippen LogP contribution in [0.3, 0.4) is 0 Å². The van der Waals surface area contributed by atoms with Gasteiger partial charge in [-0.1, -0.05) is 18.2 Å². The molecule has 1 aromatic carbocycles. The number of hydrogen-bond donors (Lipinski definition) is 3. The molecule has 0 aliphatic rings. The highest BCUT2D eigenvalue weighted by molar-refractivity contribution is 5.94. The van der Waals surface area contributed by atoms with E-state index in [9.17, 15) is 14.3 Å². The quantitative estimate of drug-likeness (QED) is 0.444. The van der Waals surface area contributed by atoms with E-state index in [1.807, 2.05) is 0 Å². The highest BCUT2D eigenvalue weighted by Gasteiger charge is 2.24. The molecule has 31 heavy (non-hydrogen) atoms. The van der Waals surface area contributed by atoms with Gasteiger partial charge < -0.3 is 16.6 Å². The fraction of sp³-hybridized carbons (Fsp3) is 0.150. The van der Waals surface area contributed by atoms with E-state index in [4.69, 9.17) is 11.5 Å². The first-order valence-corrected chi connectivity index (χ1v) is 9.40. The zero-order chi connectivity index (χ0) is 22.1. The molecule has 4 aromatic rings. The largest absolute Gasteiger partial charge is 0.465 e. The van der Waals surface area contributed by atoms with Gasteiger partial charge in [-0.05, 0) is 30.7 Å². The Morgan fingerprint density at radius 3 is 2.48 bits per heavy atom. The molecule has 0 atom stereocenters. The molecule has 0 radical (unpaired) electrons. The van der Waals surface area contributed by atoms with Crippen LogP contribution >= 0.6 is 0 Å². The molecule has 3 heterocycles. The Morgan fingerprint density at radius 2 is 1.84 bits per heavy atom. The van der Waals surface area contributed by atoms with Crippen LogP contribution in [0.4, 0.5) is 26.5 Å². The van der Waals surface area contributed by atoms with Crippen molar-refractivity contribution >= 4 is 28.9 Å². The van der Waals surface area contributed by atoms with Gasteiger partial charge in [-0.15, -0.1) is 0 Å². The van der Waals surface area contributed by atoms with Gasteiger partial charge in [0.25, 0.3) is 0 Å². The highest BCUT2D eigenvalue weighted by atomic mass is 19.1. The molecule has 0 spiro atoms. The lowest BCUT2D eigenvalue weighted by atomic mass is 10.1. The Labute approximate surface area is 176 Å². The van der Waals surface area contributed by atoms with Gasteiger partial charge in [-0.3, -0.25) is 4.90 Å². The van der Waals surface area contributed by atoms with Crippen LogP contribution in [-0.2, 0) is 6.42 Å². The number of carboxylic acid groups (broad SMARTS) is 1. The summed E-state index contributed by atoms with van der Waals surface area (Å²) in [5, 5.41) is 13.7. The van der Waals surface area contributed by atoms with Crippen molar-refractivity contribution in [2.24, 2.45) is 0 Å². The number of aromatic nitrogens is 5. The number of nitrogens with two attached hydrogens (primary N) is 2. The zero-order valence-electron chi connectivity index (χ0n) is 16.5. The number of anilines is 3. The maximum absolute atomic E-state index is 14.2. The molecule has 11 heteroatoms. The third-order valence-corrected chi connectivity index (χ3v) is 4.75. The summed E-state index contributed by atoms with van der Waals surface area (Å²) in [5.41, 5.74) is 13.5. The van der Waals surface area contributed by atoms with Gasteiger partial charge in [0.1, 0.15) is 23.0 Å². The van der Waals surface area contributed by atoms with Crippen LogP contribution in [0.25, 0.3) is 17.0 Å². The summed E-state index contributed by atoms with van der Waals surface area (Å²) in [7, 11) is 0. The van der Waals surface area contributed by atoms with Crippen LogP contribution in [0, 0.1) is 5.82 Å². The van der Waals surface area contributed by atoms with Crippen LogP contribution in [0.15, 0.2) is 42.6 Å². The number of hydrogen-bond acceptors (Lipinski definition) is 7. The minimum absolute atomic E-state index is 0.0203. The Morgan fingerprint density at radius 1 is 1.13 bits per heavy atom. The summed E-state index contributed by atoms with van der Waals surface area (Å²) >= 11 is 0. The number of rotatable bonds is 5. The van der Waals surface area contributed by atoms with Crippen molar-refractivity contribution in [1.29, 1.82) is 0 Å². The number of fused-ring (bicyclic) bond motifs is 1. The van der Waals surface area contributed by atoms with Gasteiger partial charge in [0, 0.05) is 19.2 Å². The van der Waals surface area contributed by atoms with Crippen LogP contribution in [0.2, 0.25) is 0 Å². The third kappa shape index (κ3) is 3.56. The molecule has 0 saturated carbocycles. The van der Waals surface area contributed by atoms with Gasteiger partial charge in [0.15, 0.2) is 17.5 Å². The fourth-order valence-electron chi connectivity index (χ4n) is 3.34. The van der Waals surface area contributed by atoms with Crippen molar-refractivity contribution in [2.45, 2.75) is 13.3 Å². The second kappa shape index (κ2) is 7.86. The van der Waals surface area contributed by atoms with Crippen molar-refractivity contribution in [2.75, 3.05) is 22.9 Å². The lowest BCUT2D eigenvalue weighted by molar-refractivity contribution is 0.202. The fourth-order valence-corrected chi connectivity index (χ4v) is 3.34. The predicted octanol–water partition coefficient (Wildman–Crippen LogP) is 2.58. The predicted molar refractivity (Wildman–Crippen MR) is 113 cm³/mol. The van der Waals surface area contributed by atoms with Crippen molar-refractivity contribution in [3.05, 3.63) is 59.8 Å². The number of nitrogens with zero attached hydrogens (tertiary/aromatic N) is 6. The lowest BCUT2D eigenvalue weighted by Crippen LogP contribution is -2.31. The Bertz CT molecular complexity index is 1270. The second-order valence-electron chi connectivity index (χ2n) is 6.66. The van der Waals surface area contributed by atoms with E-state index in [1.165, 1.54) is 6.07 Å². The molecule has 0 aliphatic carbocycles. The van der Waals surface area contributed by atoms with Crippen LogP contribution in [-0.4, -0.2) is 42.3 Å². The highest BCUT2D eigenvalue weighted by Crippen LogP contribution is 2.31.